The summed E-state index contributed by atoms with van der Waals surface area (Å²) in [4.78, 5) is 3.47. The molecule has 0 fully saturated rings. The van der Waals surface area contributed by atoms with Crippen LogP contribution in [-0.2, 0) is 10.1 Å². The number of nitrogens with zero attached hydrogens (tertiary/aromatic N) is 3. The van der Waals surface area contributed by atoms with Crippen molar-refractivity contribution in [1.82, 2.24) is 4.98 Å². The summed E-state index contributed by atoms with van der Waals surface area (Å²) in [6.07, 6.45) is 1.39. The molecular weight excluding hydrogens is 339 g/mol. The van der Waals surface area contributed by atoms with Crippen molar-refractivity contribution in [2.24, 2.45) is 10.2 Å². The van der Waals surface area contributed by atoms with Crippen LogP contribution in [0.3, 0.4) is 0 Å². The van der Waals surface area contributed by atoms with Gasteiger partial charge in [-0.2, -0.15) is 5.11 Å². The van der Waals surface area contributed by atoms with E-state index in [2.05, 4.69) is 15.2 Å². The number of pyridine rings is 1. The van der Waals surface area contributed by atoms with Gasteiger partial charge in [-0.1, -0.05) is 18.2 Å². The molecule has 1 heterocycles. The fourth-order valence-corrected chi connectivity index (χ4v) is 2.76. The Bertz CT molecular complexity index is 1010. The smallest absolute Gasteiger partial charge is 0.744 e. The molecule has 2 aromatic carbocycles. The predicted octanol–water partition coefficient (Wildman–Crippen LogP) is 0.140. The van der Waals surface area contributed by atoms with Gasteiger partial charge in [0.15, 0.2) is 0 Å². The Morgan fingerprint density at radius 2 is 1.75 bits per heavy atom. The topological polar surface area (TPSA) is 121 Å². The van der Waals surface area contributed by atoms with E-state index in [1.54, 1.807) is 36.4 Å². The van der Waals surface area contributed by atoms with Crippen molar-refractivity contribution in [3.05, 3.63) is 54.7 Å². The van der Waals surface area contributed by atoms with Crippen LogP contribution in [0, 0.1) is 0 Å². The fourth-order valence-electron chi connectivity index (χ4n) is 2.11. The van der Waals surface area contributed by atoms with E-state index in [-0.39, 0.29) is 46.4 Å². The van der Waals surface area contributed by atoms with Gasteiger partial charge in [-0.3, -0.25) is 4.98 Å². The zero-order chi connectivity index (χ0) is 16.4. The van der Waals surface area contributed by atoms with Crippen LogP contribution in [0.2, 0.25) is 0 Å². The maximum Gasteiger partial charge on any atom is 1.00 e. The first-order valence-corrected chi connectivity index (χ1v) is 7.97. The maximum absolute atomic E-state index is 11.5. The second-order valence-corrected chi connectivity index (χ2v) is 6.04. The third kappa shape index (κ3) is 3.80. The number of nitrogen functional groups attached to an aromatic ring is 1. The number of fused-ring (bicyclic) bond motifs is 1. The van der Waals surface area contributed by atoms with Crippen molar-refractivity contribution < 1.29 is 42.5 Å². The number of nitrogens with two attached hydrogens (primary N) is 1. The van der Waals surface area contributed by atoms with Gasteiger partial charge >= 0.3 is 29.6 Å². The largest absolute Gasteiger partial charge is 1.00 e. The summed E-state index contributed by atoms with van der Waals surface area (Å²) in [5, 5.41) is 8.30. The molecule has 0 unspecified atom stereocenters. The van der Waals surface area contributed by atoms with Crippen molar-refractivity contribution in [2.45, 2.75) is 4.90 Å². The molecule has 0 aliphatic carbocycles. The first-order chi connectivity index (χ1) is 11.0. The fraction of sp³-hybridized carbons (Fsp3) is 0. The van der Waals surface area contributed by atoms with Gasteiger partial charge in [0.05, 0.1) is 21.8 Å². The molecule has 0 atom stereocenters. The average Bonchev–Trinajstić information content (AvgIpc) is 2.54. The number of hydrogen-bond acceptors (Lipinski definition) is 7. The van der Waals surface area contributed by atoms with Crippen LogP contribution in [0.4, 0.5) is 17.1 Å². The van der Waals surface area contributed by atoms with Crippen molar-refractivity contribution in [1.29, 1.82) is 0 Å². The molecular formula is C15H11N4NaO3S. The molecule has 0 radical (unpaired) electrons. The molecule has 0 saturated heterocycles. The normalized spacial score (nSPS) is 11.5. The number of azo groups is 1. The Hall–Kier alpha value is -1.84. The molecule has 7 nitrogen and oxygen atoms in total. The van der Waals surface area contributed by atoms with E-state index in [0.717, 1.165) is 6.07 Å². The van der Waals surface area contributed by atoms with Gasteiger partial charge in [0.2, 0.25) is 0 Å². The molecule has 2 N–H and O–H groups in total. The zero-order valence-corrected chi connectivity index (χ0v) is 15.6. The molecule has 3 aromatic rings. The van der Waals surface area contributed by atoms with Crippen molar-refractivity contribution in [3.8, 4) is 0 Å². The molecule has 116 valence electrons. The minimum absolute atomic E-state index is 0. The minimum atomic E-state index is -4.72. The summed E-state index contributed by atoms with van der Waals surface area (Å²) in [6, 6.07) is 13.1. The van der Waals surface area contributed by atoms with Crippen LogP contribution >= 0.6 is 0 Å². The maximum atomic E-state index is 11.5. The SMILES string of the molecule is Nc1c(N=Nc2ccccc2)cc(S(=O)(=O)[O-])c2ncccc12.[Na+]. The second kappa shape index (κ2) is 7.37. The number of hydrogen-bond donors (Lipinski definition) is 1. The monoisotopic (exact) mass is 350 g/mol. The van der Waals surface area contributed by atoms with Crippen LogP contribution in [0.5, 0.6) is 0 Å². The van der Waals surface area contributed by atoms with E-state index in [9.17, 15) is 13.0 Å². The van der Waals surface area contributed by atoms with E-state index >= 15 is 0 Å². The van der Waals surface area contributed by atoms with Gasteiger partial charge in [0.25, 0.3) is 0 Å². The number of anilines is 1. The minimum Gasteiger partial charge on any atom is -0.744 e. The third-order valence-electron chi connectivity index (χ3n) is 3.17. The molecule has 0 bridgehead atoms. The van der Waals surface area contributed by atoms with E-state index in [0.29, 0.717) is 11.1 Å². The number of benzene rings is 2. The summed E-state index contributed by atoms with van der Waals surface area (Å²) in [5.74, 6) is 0. The molecule has 0 aliphatic heterocycles. The summed E-state index contributed by atoms with van der Waals surface area (Å²) in [7, 11) is -4.72. The van der Waals surface area contributed by atoms with Gasteiger partial charge < -0.3 is 10.3 Å². The van der Waals surface area contributed by atoms with Crippen LogP contribution < -0.4 is 35.3 Å². The van der Waals surface area contributed by atoms with E-state index in [4.69, 9.17) is 5.73 Å². The van der Waals surface area contributed by atoms with Gasteiger partial charge in [-0.15, -0.1) is 5.11 Å². The molecule has 1 aromatic heterocycles. The van der Waals surface area contributed by atoms with Crippen molar-refractivity contribution >= 4 is 38.1 Å². The van der Waals surface area contributed by atoms with Gasteiger partial charge in [0.1, 0.15) is 15.8 Å². The van der Waals surface area contributed by atoms with Crippen LogP contribution in [0.15, 0.2) is 69.9 Å². The quantitative estimate of drug-likeness (QED) is 0.312. The van der Waals surface area contributed by atoms with E-state index in [1.807, 2.05) is 6.07 Å². The number of aromatic nitrogens is 1. The van der Waals surface area contributed by atoms with Crippen LogP contribution in [-0.4, -0.2) is 18.0 Å². The summed E-state index contributed by atoms with van der Waals surface area (Å²) < 4.78 is 34.4. The molecule has 0 aliphatic rings. The molecule has 3 rings (SSSR count). The second-order valence-electron chi connectivity index (χ2n) is 4.70. The van der Waals surface area contributed by atoms with Gasteiger partial charge in [-0.25, -0.2) is 8.42 Å². The Morgan fingerprint density at radius 3 is 2.42 bits per heavy atom. The summed E-state index contributed by atoms with van der Waals surface area (Å²) in [6.45, 7) is 0. The average molecular weight is 350 g/mol. The Kier molecular flexibility index (Phi) is 5.68. The molecule has 24 heavy (non-hydrogen) atoms. The van der Waals surface area contributed by atoms with Crippen molar-refractivity contribution in [2.75, 3.05) is 5.73 Å². The number of rotatable bonds is 3. The molecule has 0 spiro atoms. The Balaban J connectivity index is 0.00000208. The van der Waals surface area contributed by atoms with Gasteiger partial charge in [-0.05, 0) is 30.3 Å². The van der Waals surface area contributed by atoms with Crippen LogP contribution in [0.1, 0.15) is 0 Å². The van der Waals surface area contributed by atoms with Crippen LogP contribution in [0.25, 0.3) is 10.9 Å². The Labute approximate surface area is 160 Å². The molecule has 0 amide bonds. The summed E-state index contributed by atoms with van der Waals surface area (Å²) in [5.41, 5.74) is 6.91. The van der Waals surface area contributed by atoms with E-state index in [1.165, 1.54) is 6.20 Å². The predicted molar refractivity (Wildman–Crippen MR) is 84.7 cm³/mol. The standard InChI is InChI=1S/C15H12N4O3S.Na/c16-14-11-7-4-8-17-15(11)13(23(20,21)22)9-12(14)19-18-10-5-2-1-3-6-10;/h1-9H,16H2,(H,20,21,22);/q;+1/p-1. The van der Waals surface area contributed by atoms with Gasteiger partial charge in [0, 0.05) is 11.6 Å². The third-order valence-corrected chi connectivity index (χ3v) is 4.02. The van der Waals surface area contributed by atoms with E-state index < -0.39 is 15.0 Å². The summed E-state index contributed by atoms with van der Waals surface area (Å²) >= 11 is 0. The first kappa shape index (κ1) is 18.5. The molecule has 9 heteroatoms. The first-order valence-electron chi connectivity index (χ1n) is 6.57. The molecule has 0 saturated carbocycles. The Morgan fingerprint density at radius 1 is 1.04 bits per heavy atom. The van der Waals surface area contributed by atoms with Crippen molar-refractivity contribution in [3.63, 3.8) is 0 Å². The zero-order valence-electron chi connectivity index (χ0n) is 12.7.